The first-order valence-corrected chi connectivity index (χ1v) is 8.55. The summed E-state index contributed by atoms with van der Waals surface area (Å²) in [6.07, 6.45) is 0.958. The molecule has 5 nitrogen and oxygen atoms in total. The summed E-state index contributed by atoms with van der Waals surface area (Å²) in [4.78, 5) is 23.6. The first-order chi connectivity index (χ1) is 12.6. The van der Waals surface area contributed by atoms with Gasteiger partial charge in [0, 0.05) is 25.1 Å². The maximum Gasteiger partial charge on any atom is 0.251 e. The third-order valence-corrected chi connectivity index (χ3v) is 3.72. The first-order valence-electron chi connectivity index (χ1n) is 8.55. The molecule has 2 aromatic rings. The second-order valence-corrected chi connectivity index (χ2v) is 5.83. The molecule has 0 aliphatic carbocycles. The molecule has 26 heavy (non-hydrogen) atoms. The van der Waals surface area contributed by atoms with Crippen LogP contribution in [-0.2, 0) is 4.79 Å². The Morgan fingerprint density at radius 1 is 1.04 bits per heavy atom. The number of carbonyl (C=O) groups excluding carboxylic acids is 2. The van der Waals surface area contributed by atoms with Crippen molar-refractivity contribution in [3.63, 3.8) is 0 Å². The summed E-state index contributed by atoms with van der Waals surface area (Å²) < 4.78 is 18.7. The molecule has 0 saturated heterocycles. The zero-order valence-electron chi connectivity index (χ0n) is 14.8. The minimum Gasteiger partial charge on any atom is -0.493 e. The molecule has 2 aromatic carbocycles. The predicted molar refractivity (Wildman–Crippen MR) is 97.7 cm³/mol. The van der Waals surface area contributed by atoms with Gasteiger partial charge in [-0.2, -0.15) is 0 Å². The summed E-state index contributed by atoms with van der Waals surface area (Å²) in [6.45, 7) is 3.04. The van der Waals surface area contributed by atoms with E-state index in [1.54, 1.807) is 0 Å². The molecular formula is C20H23FN2O3. The van der Waals surface area contributed by atoms with Gasteiger partial charge in [0.2, 0.25) is 5.91 Å². The Labute approximate surface area is 152 Å². The Balaban J connectivity index is 1.56. The fourth-order valence-corrected chi connectivity index (χ4v) is 2.33. The molecule has 138 valence electrons. The highest BCUT2D eigenvalue weighted by atomic mass is 19.1. The van der Waals surface area contributed by atoms with Crippen molar-refractivity contribution in [3.05, 3.63) is 65.5 Å². The average molecular weight is 358 g/mol. The molecule has 0 radical (unpaired) electrons. The number of rotatable bonds is 9. The van der Waals surface area contributed by atoms with E-state index >= 15 is 0 Å². The topological polar surface area (TPSA) is 67.4 Å². The number of para-hydroxylation sites is 1. The van der Waals surface area contributed by atoms with Crippen LogP contribution >= 0.6 is 0 Å². The van der Waals surface area contributed by atoms with E-state index in [9.17, 15) is 14.0 Å². The lowest BCUT2D eigenvalue weighted by Gasteiger charge is -2.09. The van der Waals surface area contributed by atoms with Crippen LogP contribution in [-0.4, -0.2) is 31.5 Å². The molecule has 0 aliphatic rings. The van der Waals surface area contributed by atoms with Crippen molar-refractivity contribution in [2.75, 3.05) is 19.7 Å². The molecule has 0 unspecified atom stereocenters. The van der Waals surface area contributed by atoms with E-state index in [0.29, 0.717) is 26.0 Å². The van der Waals surface area contributed by atoms with Crippen molar-refractivity contribution in [3.8, 4) is 5.75 Å². The number of hydrogen-bond donors (Lipinski definition) is 2. The molecule has 6 heteroatoms. The van der Waals surface area contributed by atoms with E-state index in [2.05, 4.69) is 10.6 Å². The largest absolute Gasteiger partial charge is 0.493 e. The molecule has 0 atom stereocenters. The van der Waals surface area contributed by atoms with Gasteiger partial charge < -0.3 is 15.4 Å². The van der Waals surface area contributed by atoms with Crippen LogP contribution in [0.25, 0.3) is 0 Å². The van der Waals surface area contributed by atoms with Gasteiger partial charge in [0.05, 0.1) is 6.61 Å². The van der Waals surface area contributed by atoms with Crippen LogP contribution in [0, 0.1) is 12.7 Å². The van der Waals surface area contributed by atoms with E-state index in [1.807, 2.05) is 31.2 Å². The summed E-state index contributed by atoms with van der Waals surface area (Å²) in [5, 5.41) is 5.36. The number of carbonyl (C=O) groups is 2. The van der Waals surface area contributed by atoms with E-state index in [1.165, 1.54) is 24.3 Å². The molecule has 0 saturated carbocycles. The zero-order chi connectivity index (χ0) is 18.8. The highest BCUT2D eigenvalue weighted by Crippen LogP contribution is 2.16. The number of halogens is 1. The van der Waals surface area contributed by atoms with Crippen LogP contribution in [0.4, 0.5) is 4.39 Å². The van der Waals surface area contributed by atoms with E-state index < -0.39 is 5.82 Å². The standard InChI is InChI=1S/C20H23FN2O3/c1-15-6-2-3-9-18(15)26-13-5-10-19(24)22-11-12-23-20(25)16-7-4-8-17(21)14-16/h2-4,6-9,14H,5,10-13H2,1H3,(H,22,24)(H,23,25). The van der Waals surface area contributed by atoms with Crippen molar-refractivity contribution in [2.24, 2.45) is 0 Å². The Hall–Kier alpha value is -2.89. The van der Waals surface area contributed by atoms with Crippen LogP contribution in [0.2, 0.25) is 0 Å². The predicted octanol–water partition coefficient (Wildman–Crippen LogP) is 2.84. The second kappa shape index (κ2) is 10.2. The summed E-state index contributed by atoms with van der Waals surface area (Å²) in [5.41, 5.74) is 1.32. The van der Waals surface area contributed by atoms with Crippen molar-refractivity contribution < 1.29 is 18.7 Å². The Bertz CT molecular complexity index is 749. The van der Waals surface area contributed by atoms with Gasteiger partial charge in [-0.1, -0.05) is 24.3 Å². The summed E-state index contributed by atoms with van der Waals surface area (Å²) in [5.74, 6) is -0.101. The van der Waals surface area contributed by atoms with Crippen LogP contribution in [0.5, 0.6) is 5.75 Å². The molecule has 2 amide bonds. The lowest BCUT2D eigenvalue weighted by molar-refractivity contribution is -0.121. The molecule has 0 aliphatic heterocycles. The monoisotopic (exact) mass is 358 g/mol. The van der Waals surface area contributed by atoms with Crippen molar-refractivity contribution >= 4 is 11.8 Å². The molecule has 0 aromatic heterocycles. The smallest absolute Gasteiger partial charge is 0.251 e. The van der Waals surface area contributed by atoms with E-state index in [-0.39, 0.29) is 23.9 Å². The average Bonchev–Trinajstić information content (AvgIpc) is 2.63. The Morgan fingerprint density at radius 2 is 1.81 bits per heavy atom. The van der Waals surface area contributed by atoms with Gasteiger partial charge in [0.25, 0.3) is 5.91 Å². The van der Waals surface area contributed by atoms with Gasteiger partial charge in [-0.25, -0.2) is 4.39 Å². The van der Waals surface area contributed by atoms with E-state index in [4.69, 9.17) is 4.74 Å². The quantitative estimate of drug-likeness (QED) is 0.678. The SMILES string of the molecule is Cc1ccccc1OCCCC(=O)NCCNC(=O)c1cccc(F)c1. The van der Waals surface area contributed by atoms with Gasteiger partial charge in [0.1, 0.15) is 11.6 Å². The van der Waals surface area contributed by atoms with E-state index in [0.717, 1.165) is 11.3 Å². The minimum absolute atomic E-state index is 0.0987. The zero-order valence-corrected chi connectivity index (χ0v) is 14.8. The molecular weight excluding hydrogens is 335 g/mol. The number of hydrogen-bond acceptors (Lipinski definition) is 3. The van der Waals surface area contributed by atoms with Gasteiger partial charge in [0.15, 0.2) is 0 Å². The molecule has 2 rings (SSSR count). The molecule has 2 N–H and O–H groups in total. The Morgan fingerprint density at radius 3 is 2.58 bits per heavy atom. The lowest BCUT2D eigenvalue weighted by atomic mass is 10.2. The number of amides is 2. The third kappa shape index (κ3) is 6.55. The fraction of sp³-hybridized carbons (Fsp3) is 0.300. The van der Waals surface area contributed by atoms with Crippen LogP contribution in [0.15, 0.2) is 48.5 Å². The molecule has 0 spiro atoms. The van der Waals surface area contributed by atoms with Gasteiger partial charge in [-0.05, 0) is 43.2 Å². The van der Waals surface area contributed by atoms with Gasteiger partial charge in [-0.15, -0.1) is 0 Å². The lowest BCUT2D eigenvalue weighted by Crippen LogP contribution is -2.34. The van der Waals surface area contributed by atoms with Crippen LogP contribution in [0.1, 0.15) is 28.8 Å². The molecule has 0 heterocycles. The molecule has 0 fully saturated rings. The maximum atomic E-state index is 13.1. The number of ether oxygens (including phenoxy) is 1. The highest BCUT2D eigenvalue weighted by molar-refractivity contribution is 5.94. The van der Waals surface area contributed by atoms with Crippen LogP contribution in [0.3, 0.4) is 0 Å². The van der Waals surface area contributed by atoms with Gasteiger partial charge in [-0.3, -0.25) is 9.59 Å². The fourth-order valence-electron chi connectivity index (χ4n) is 2.33. The minimum atomic E-state index is -0.459. The first kappa shape index (κ1) is 19.4. The number of benzene rings is 2. The van der Waals surface area contributed by atoms with Crippen molar-refractivity contribution in [1.82, 2.24) is 10.6 Å². The molecule has 0 bridgehead atoms. The summed E-state index contributed by atoms with van der Waals surface area (Å²) >= 11 is 0. The van der Waals surface area contributed by atoms with Crippen LogP contribution < -0.4 is 15.4 Å². The third-order valence-electron chi connectivity index (χ3n) is 3.72. The normalized spacial score (nSPS) is 10.2. The summed E-state index contributed by atoms with van der Waals surface area (Å²) in [7, 11) is 0. The van der Waals surface area contributed by atoms with Gasteiger partial charge >= 0.3 is 0 Å². The number of aryl methyl sites for hydroxylation is 1. The summed E-state index contributed by atoms with van der Waals surface area (Å²) in [6, 6.07) is 13.2. The Kier molecular flexibility index (Phi) is 7.61. The van der Waals surface area contributed by atoms with Crippen molar-refractivity contribution in [2.45, 2.75) is 19.8 Å². The second-order valence-electron chi connectivity index (χ2n) is 5.83. The maximum absolute atomic E-state index is 13.1. The van der Waals surface area contributed by atoms with Crippen molar-refractivity contribution in [1.29, 1.82) is 0 Å². The number of nitrogens with one attached hydrogen (secondary N) is 2. The highest BCUT2D eigenvalue weighted by Gasteiger charge is 2.06.